The molecule has 0 saturated heterocycles. The van der Waals surface area contributed by atoms with Gasteiger partial charge in [0.1, 0.15) is 0 Å². The molecule has 3 rings (SSSR count). The number of sulfonamides is 1. The van der Waals surface area contributed by atoms with E-state index in [9.17, 15) is 13.2 Å². The number of aryl methyl sites for hydroxylation is 2. The summed E-state index contributed by atoms with van der Waals surface area (Å²) in [6, 6.07) is 12.5. The van der Waals surface area contributed by atoms with Crippen molar-refractivity contribution in [2.75, 3.05) is 10.0 Å². The molecule has 0 aliphatic carbocycles. The molecule has 3 aromatic rings. The zero-order chi connectivity index (χ0) is 20.3. The maximum Gasteiger partial charge on any atom is 0.261 e. The van der Waals surface area contributed by atoms with Crippen LogP contribution in [0.15, 0.2) is 65.8 Å². The van der Waals surface area contributed by atoms with Gasteiger partial charge < -0.3 is 5.32 Å². The van der Waals surface area contributed by atoms with Gasteiger partial charge in [0.2, 0.25) is 0 Å². The molecule has 28 heavy (non-hydrogen) atoms. The second-order valence-corrected chi connectivity index (χ2v) is 8.33. The van der Waals surface area contributed by atoms with E-state index < -0.39 is 15.9 Å². The van der Waals surface area contributed by atoms with Gasteiger partial charge in [0.15, 0.2) is 0 Å². The Morgan fingerprint density at radius 3 is 2.32 bits per heavy atom. The fourth-order valence-electron chi connectivity index (χ4n) is 2.50. The first kappa shape index (κ1) is 19.9. The summed E-state index contributed by atoms with van der Waals surface area (Å²) in [6.07, 6.45) is 3.07. The summed E-state index contributed by atoms with van der Waals surface area (Å²) in [5.41, 5.74) is 3.05. The van der Waals surface area contributed by atoms with E-state index in [1.165, 1.54) is 30.6 Å². The number of halogens is 1. The van der Waals surface area contributed by atoms with Gasteiger partial charge in [0, 0.05) is 23.8 Å². The van der Waals surface area contributed by atoms with Crippen molar-refractivity contribution in [3.63, 3.8) is 0 Å². The fraction of sp³-hybridized carbons (Fsp3) is 0.100. The van der Waals surface area contributed by atoms with Crippen LogP contribution in [0, 0.1) is 13.8 Å². The lowest BCUT2D eigenvalue weighted by molar-refractivity contribution is 0.102. The van der Waals surface area contributed by atoms with E-state index in [1.807, 2.05) is 19.9 Å². The van der Waals surface area contributed by atoms with Crippen molar-refractivity contribution < 1.29 is 13.2 Å². The third kappa shape index (κ3) is 4.49. The summed E-state index contributed by atoms with van der Waals surface area (Å²) in [7, 11) is -3.89. The molecule has 8 heteroatoms. The summed E-state index contributed by atoms with van der Waals surface area (Å²) in [5.74, 6) is -0.514. The molecule has 144 valence electrons. The predicted molar refractivity (Wildman–Crippen MR) is 110 cm³/mol. The van der Waals surface area contributed by atoms with Crippen LogP contribution in [0.4, 0.5) is 11.4 Å². The lowest BCUT2D eigenvalue weighted by Crippen LogP contribution is -2.16. The van der Waals surface area contributed by atoms with Crippen molar-refractivity contribution in [2.45, 2.75) is 18.7 Å². The van der Waals surface area contributed by atoms with E-state index in [-0.39, 0.29) is 15.5 Å². The van der Waals surface area contributed by atoms with Crippen molar-refractivity contribution in [3.8, 4) is 0 Å². The van der Waals surface area contributed by atoms with E-state index in [0.717, 1.165) is 11.1 Å². The first-order valence-electron chi connectivity index (χ1n) is 8.37. The van der Waals surface area contributed by atoms with Crippen molar-refractivity contribution in [1.29, 1.82) is 0 Å². The molecular formula is C20H18ClN3O3S. The van der Waals surface area contributed by atoms with E-state index in [0.29, 0.717) is 11.4 Å². The summed E-state index contributed by atoms with van der Waals surface area (Å²) >= 11 is 6.12. The summed E-state index contributed by atoms with van der Waals surface area (Å²) in [6.45, 7) is 3.84. The maximum atomic E-state index is 12.7. The predicted octanol–water partition coefficient (Wildman–Crippen LogP) is 4.40. The molecule has 2 N–H and O–H groups in total. The van der Waals surface area contributed by atoms with Crippen LogP contribution in [0.1, 0.15) is 21.5 Å². The van der Waals surface area contributed by atoms with Gasteiger partial charge in [0.05, 0.1) is 15.5 Å². The zero-order valence-corrected chi connectivity index (χ0v) is 16.8. The molecule has 2 aromatic carbocycles. The number of rotatable bonds is 5. The molecule has 0 unspecified atom stereocenters. The number of aromatic nitrogens is 1. The van der Waals surface area contributed by atoms with Crippen molar-refractivity contribution in [3.05, 3.63) is 82.6 Å². The van der Waals surface area contributed by atoms with Crippen molar-refractivity contribution >= 4 is 38.9 Å². The first-order valence-corrected chi connectivity index (χ1v) is 10.2. The molecule has 1 heterocycles. The summed E-state index contributed by atoms with van der Waals surface area (Å²) < 4.78 is 28.0. The van der Waals surface area contributed by atoms with Crippen LogP contribution in [0.5, 0.6) is 0 Å². The highest BCUT2D eigenvalue weighted by Gasteiger charge is 2.19. The number of hydrogen-bond donors (Lipinski definition) is 2. The minimum absolute atomic E-state index is 0.0569. The highest BCUT2D eigenvalue weighted by molar-refractivity contribution is 7.92. The lowest BCUT2D eigenvalue weighted by atomic mass is 10.1. The van der Waals surface area contributed by atoms with Crippen LogP contribution >= 0.6 is 11.6 Å². The van der Waals surface area contributed by atoms with Gasteiger partial charge in [-0.3, -0.25) is 14.5 Å². The number of carbonyl (C=O) groups excluding carboxylic acids is 1. The van der Waals surface area contributed by atoms with E-state index in [4.69, 9.17) is 11.6 Å². The van der Waals surface area contributed by atoms with Gasteiger partial charge in [-0.2, -0.15) is 0 Å². The SMILES string of the molecule is Cc1ccc(NS(=O)(=O)c2ccc(Cl)c(C(=O)Nc3ccncc3)c2)cc1C. The number of amides is 1. The van der Waals surface area contributed by atoms with Gasteiger partial charge in [-0.25, -0.2) is 8.42 Å². The summed E-state index contributed by atoms with van der Waals surface area (Å²) in [4.78, 5) is 16.3. The topological polar surface area (TPSA) is 88.2 Å². The molecule has 0 spiro atoms. The number of nitrogens with one attached hydrogen (secondary N) is 2. The monoisotopic (exact) mass is 415 g/mol. The van der Waals surface area contributed by atoms with Crippen LogP contribution in [-0.4, -0.2) is 19.3 Å². The standard InChI is InChI=1S/C20H18ClN3O3S/c1-13-3-4-16(11-14(13)2)24-28(26,27)17-5-6-19(21)18(12-17)20(25)23-15-7-9-22-10-8-15/h3-12,24H,1-2H3,(H,22,23,25). The Morgan fingerprint density at radius 2 is 1.64 bits per heavy atom. The number of benzene rings is 2. The Morgan fingerprint density at radius 1 is 0.929 bits per heavy atom. The minimum Gasteiger partial charge on any atom is -0.322 e. The molecular weight excluding hydrogens is 398 g/mol. The highest BCUT2D eigenvalue weighted by Crippen LogP contribution is 2.24. The van der Waals surface area contributed by atoms with Crippen LogP contribution in [0.25, 0.3) is 0 Å². The number of pyridine rings is 1. The Labute approximate surface area is 168 Å². The van der Waals surface area contributed by atoms with E-state index in [1.54, 1.807) is 24.3 Å². The molecule has 0 radical (unpaired) electrons. The molecule has 1 aromatic heterocycles. The Hall–Kier alpha value is -2.90. The normalized spacial score (nSPS) is 11.1. The Bertz CT molecular complexity index is 1130. The smallest absolute Gasteiger partial charge is 0.261 e. The molecule has 0 atom stereocenters. The number of hydrogen-bond acceptors (Lipinski definition) is 4. The van der Waals surface area contributed by atoms with Crippen molar-refractivity contribution in [2.24, 2.45) is 0 Å². The van der Waals surface area contributed by atoms with Crippen LogP contribution in [0.2, 0.25) is 5.02 Å². The van der Waals surface area contributed by atoms with Gasteiger partial charge >= 0.3 is 0 Å². The Kier molecular flexibility index (Phi) is 5.67. The third-order valence-corrected chi connectivity index (χ3v) is 5.90. The number of nitrogens with zero attached hydrogens (tertiary/aromatic N) is 1. The van der Waals surface area contributed by atoms with Crippen molar-refractivity contribution in [1.82, 2.24) is 4.98 Å². The van der Waals surface area contributed by atoms with Crippen LogP contribution < -0.4 is 10.0 Å². The molecule has 0 aliphatic heterocycles. The molecule has 0 fully saturated rings. The maximum absolute atomic E-state index is 12.7. The number of carbonyl (C=O) groups is 1. The third-order valence-electron chi connectivity index (χ3n) is 4.19. The average Bonchev–Trinajstić information content (AvgIpc) is 2.65. The lowest BCUT2D eigenvalue weighted by Gasteiger charge is -2.12. The second kappa shape index (κ2) is 8.00. The summed E-state index contributed by atoms with van der Waals surface area (Å²) in [5, 5.41) is 2.81. The molecule has 1 amide bonds. The van der Waals surface area contributed by atoms with Crippen LogP contribution in [-0.2, 0) is 10.0 Å². The highest BCUT2D eigenvalue weighted by atomic mass is 35.5. The van der Waals surface area contributed by atoms with Gasteiger partial charge in [0.25, 0.3) is 15.9 Å². The molecule has 6 nitrogen and oxygen atoms in total. The van der Waals surface area contributed by atoms with Gasteiger partial charge in [-0.05, 0) is 67.4 Å². The van der Waals surface area contributed by atoms with Crippen LogP contribution in [0.3, 0.4) is 0 Å². The van der Waals surface area contributed by atoms with E-state index in [2.05, 4.69) is 15.0 Å². The van der Waals surface area contributed by atoms with E-state index >= 15 is 0 Å². The zero-order valence-electron chi connectivity index (χ0n) is 15.2. The largest absolute Gasteiger partial charge is 0.322 e. The Balaban J connectivity index is 1.88. The number of anilines is 2. The molecule has 0 aliphatic rings. The first-order chi connectivity index (χ1) is 13.3. The molecule has 0 bridgehead atoms. The van der Waals surface area contributed by atoms with Gasteiger partial charge in [-0.1, -0.05) is 17.7 Å². The second-order valence-electron chi connectivity index (χ2n) is 6.24. The average molecular weight is 416 g/mol. The minimum atomic E-state index is -3.89. The fourth-order valence-corrected chi connectivity index (χ4v) is 3.78. The quantitative estimate of drug-likeness (QED) is 0.646. The van der Waals surface area contributed by atoms with Gasteiger partial charge in [-0.15, -0.1) is 0 Å². The molecule has 0 saturated carbocycles.